The van der Waals surface area contributed by atoms with Crippen molar-refractivity contribution in [1.82, 2.24) is 14.5 Å². The Bertz CT molecular complexity index is 3820. The minimum absolute atomic E-state index is 0.533. The third-order valence-electron chi connectivity index (χ3n) is 11.8. The highest BCUT2D eigenvalue weighted by Gasteiger charge is 2.25. The molecule has 264 valence electrons. The monoisotopic (exact) mass is 743 g/mol. The molecule has 0 saturated heterocycles. The van der Waals surface area contributed by atoms with Crippen molar-refractivity contribution in [2.75, 3.05) is 0 Å². The quantitative estimate of drug-likeness (QED) is 0.181. The fourth-order valence-corrected chi connectivity index (χ4v) is 10.7. The van der Waals surface area contributed by atoms with E-state index in [0.29, 0.717) is 5.71 Å². The highest BCUT2D eigenvalue weighted by Crippen LogP contribution is 2.50. The normalized spacial score (nSPS) is 12.2. The Morgan fingerprint density at radius 2 is 1.09 bits per heavy atom. The molecule has 0 atom stereocenters. The summed E-state index contributed by atoms with van der Waals surface area (Å²) in [5.74, 6) is 0. The molecule has 9 aromatic carbocycles. The van der Waals surface area contributed by atoms with Gasteiger partial charge in [0.1, 0.15) is 16.8 Å². The summed E-state index contributed by atoms with van der Waals surface area (Å²) in [7, 11) is 0. The van der Waals surface area contributed by atoms with Gasteiger partial charge in [0.15, 0.2) is 0 Å². The summed E-state index contributed by atoms with van der Waals surface area (Å²) in [6, 6.07) is 63.0. The van der Waals surface area contributed by atoms with Gasteiger partial charge >= 0.3 is 0 Å². The zero-order valence-electron chi connectivity index (χ0n) is 30.4. The maximum absolute atomic E-state index is 6.34. The van der Waals surface area contributed by atoms with E-state index in [2.05, 4.69) is 156 Å². The van der Waals surface area contributed by atoms with Gasteiger partial charge < -0.3 is 8.98 Å². The van der Waals surface area contributed by atoms with Crippen molar-refractivity contribution in [2.24, 2.45) is 0 Å². The van der Waals surface area contributed by atoms with Crippen molar-refractivity contribution in [1.29, 1.82) is 0 Å². The average Bonchev–Trinajstić information content (AvgIpc) is 3.97. The minimum Gasteiger partial charge on any atom is -0.436 e. The predicted octanol–water partition coefficient (Wildman–Crippen LogP) is 14.6. The highest BCUT2D eigenvalue weighted by molar-refractivity contribution is 7.27. The third-order valence-corrected chi connectivity index (χ3v) is 13.0. The summed E-state index contributed by atoms with van der Waals surface area (Å²) in [5, 5.41) is 13.7. The zero-order valence-corrected chi connectivity index (χ0v) is 31.2. The second kappa shape index (κ2) is 11.6. The van der Waals surface area contributed by atoms with Crippen LogP contribution in [0.1, 0.15) is 0 Å². The van der Waals surface area contributed by atoms with E-state index in [0.717, 1.165) is 44.7 Å². The first-order valence-corrected chi connectivity index (χ1v) is 20.1. The van der Waals surface area contributed by atoms with E-state index in [1.807, 2.05) is 35.6 Å². The second-order valence-electron chi connectivity index (χ2n) is 14.8. The summed E-state index contributed by atoms with van der Waals surface area (Å²) in [6.45, 7) is 0. The molecule has 0 saturated carbocycles. The number of rotatable bonds is 3. The number of thiophene rings is 1. The molecule has 0 spiro atoms. The molecule has 0 radical (unpaired) electrons. The number of nitrogens with zero attached hydrogens (tertiary/aromatic N) is 3. The molecule has 0 bridgehead atoms. The fraction of sp³-hybridized carbons (Fsp3) is 0. The average molecular weight is 744 g/mol. The van der Waals surface area contributed by atoms with Crippen LogP contribution >= 0.6 is 11.3 Å². The van der Waals surface area contributed by atoms with E-state index in [4.69, 9.17) is 14.4 Å². The Morgan fingerprint density at radius 3 is 1.93 bits per heavy atom. The van der Waals surface area contributed by atoms with Crippen molar-refractivity contribution >= 4 is 108 Å². The molecule has 13 aromatic rings. The van der Waals surface area contributed by atoms with E-state index in [1.54, 1.807) is 0 Å². The molecular formula is C52H29N3OS. The Balaban J connectivity index is 1.18. The molecule has 5 heteroatoms. The lowest BCUT2D eigenvalue weighted by Gasteiger charge is -2.13. The van der Waals surface area contributed by atoms with Crippen LogP contribution in [0.3, 0.4) is 0 Å². The summed E-state index contributed by atoms with van der Waals surface area (Å²) in [5.41, 5.74) is 9.12. The number of hydrogen-bond donors (Lipinski definition) is 0. The second-order valence-corrected chi connectivity index (χ2v) is 15.9. The van der Waals surface area contributed by atoms with Crippen LogP contribution in [0.5, 0.6) is 0 Å². The molecule has 0 unspecified atom stereocenters. The van der Waals surface area contributed by atoms with Crippen LogP contribution in [-0.4, -0.2) is 14.5 Å². The first-order chi connectivity index (χ1) is 28.3. The first kappa shape index (κ1) is 30.9. The van der Waals surface area contributed by atoms with E-state index in [-0.39, 0.29) is 0 Å². The van der Waals surface area contributed by atoms with Crippen LogP contribution in [0.4, 0.5) is 0 Å². The molecule has 4 heterocycles. The van der Waals surface area contributed by atoms with Crippen LogP contribution in [0.15, 0.2) is 180 Å². The van der Waals surface area contributed by atoms with Crippen LogP contribution in [-0.2, 0) is 0 Å². The van der Waals surface area contributed by atoms with Crippen LogP contribution < -0.4 is 0 Å². The van der Waals surface area contributed by atoms with E-state index in [9.17, 15) is 0 Å². The zero-order chi connectivity index (χ0) is 37.2. The van der Waals surface area contributed by atoms with Gasteiger partial charge in [0, 0.05) is 48.4 Å². The molecule has 0 fully saturated rings. The van der Waals surface area contributed by atoms with Crippen molar-refractivity contribution < 1.29 is 4.42 Å². The van der Waals surface area contributed by atoms with Gasteiger partial charge in [-0.3, -0.25) is 0 Å². The van der Waals surface area contributed by atoms with Crippen molar-refractivity contribution in [3.63, 3.8) is 0 Å². The van der Waals surface area contributed by atoms with Gasteiger partial charge in [-0.15, -0.1) is 11.3 Å². The maximum Gasteiger partial charge on any atom is 0.246 e. The van der Waals surface area contributed by atoms with Gasteiger partial charge in [0.25, 0.3) is 0 Å². The van der Waals surface area contributed by atoms with Gasteiger partial charge in [-0.1, -0.05) is 146 Å². The van der Waals surface area contributed by atoms with Crippen molar-refractivity contribution in [3.05, 3.63) is 176 Å². The van der Waals surface area contributed by atoms with Gasteiger partial charge in [-0.2, -0.15) is 0 Å². The standard InChI is InChI=1S/C52H29N3OS/c1-2-15-32(16-3-1)46-47(54-52-48(53-46)39-23-10-11-24-42(39)56-52)33-17-12-18-34(29-33)55-41-28-26-30-13-4-6-19-35(30)44(41)45-38-22-9-8-21-37(38)43-40-27-25-31-14-5-7-20-36(31)50(40)57-51(43)49(45)55/h1-29H. The summed E-state index contributed by atoms with van der Waals surface area (Å²) >= 11 is 1.91. The van der Waals surface area contributed by atoms with Crippen LogP contribution in [0.25, 0.3) is 125 Å². The Kier molecular flexibility index (Phi) is 6.29. The fourth-order valence-electron chi connectivity index (χ4n) is 9.30. The Labute approximate surface area is 329 Å². The van der Waals surface area contributed by atoms with E-state index < -0.39 is 0 Å². The number of benzene rings is 9. The number of furan rings is 1. The number of hydrogen-bond acceptors (Lipinski definition) is 4. The summed E-state index contributed by atoms with van der Waals surface area (Å²) < 4.78 is 11.4. The molecule has 4 nitrogen and oxygen atoms in total. The molecule has 13 rings (SSSR count). The molecule has 0 aliphatic heterocycles. The van der Waals surface area contributed by atoms with Crippen LogP contribution in [0, 0.1) is 0 Å². The minimum atomic E-state index is 0.533. The smallest absolute Gasteiger partial charge is 0.246 e. The molecule has 0 aliphatic carbocycles. The van der Waals surface area contributed by atoms with Gasteiger partial charge in [-0.25, -0.2) is 9.97 Å². The Hall–Kier alpha value is -7.34. The van der Waals surface area contributed by atoms with Gasteiger partial charge in [-0.05, 0) is 62.6 Å². The molecule has 4 aromatic heterocycles. The SMILES string of the molecule is c1ccc(-c2nc3c(nc2-c2cccc(-n4c5ccc6ccccc6c5c5c6ccccc6c6c7ccc8ccccc8c7sc6c54)c2)oc2ccccc23)cc1. The number of fused-ring (bicyclic) bond motifs is 17. The third kappa shape index (κ3) is 4.32. The molecule has 0 aliphatic rings. The lowest BCUT2D eigenvalue weighted by molar-refractivity contribution is 0.653. The highest BCUT2D eigenvalue weighted by atomic mass is 32.1. The Morgan fingerprint density at radius 1 is 0.439 bits per heavy atom. The summed E-state index contributed by atoms with van der Waals surface area (Å²) in [6.07, 6.45) is 0. The van der Waals surface area contributed by atoms with Crippen molar-refractivity contribution in [3.8, 4) is 28.2 Å². The lowest BCUT2D eigenvalue weighted by atomic mass is 9.96. The van der Waals surface area contributed by atoms with Gasteiger partial charge in [0.05, 0.1) is 21.4 Å². The van der Waals surface area contributed by atoms with Crippen LogP contribution in [0.2, 0.25) is 0 Å². The number of aromatic nitrogens is 3. The largest absolute Gasteiger partial charge is 0.436 e. The van der Waals surface area contributed by atoms with E-state index in [1.165, 1.54) is 74.3 Å². The van der Waals surface area contributed by atoms with Gasteiger partial charge in [0.2, 0.25) is 5.71 Å². The first-order valence-electron chi connectivity index (χ1n) is 19.2. The summed E-state index contributed by atoms with van der Waals surface area (Å²) in [4.78, 5) is 10.6. The van der Waals surface area contributed by atoms with E-state index >= 15 is 0 Å². The molecule has 0 N–H and O–H groups in total. The topological polar surface area (TPSA) is 43.9 Å². The van der Waals surface area contributed by atoms with Crippen molar-refractivity contribution in [2.45, 2.75) is 0 Å². The maximum atomic E-state index is 6.34. The number of para-hydroxylation sites is 1. The molecule has 57 heavy (non-hydrogen) atoms. The molecular weight excluding hydrogens is 715 g/mol. The lowest BCUT2D eigenvalue weighted by Crippen LogP contribution is -1.97. The molecule has 0 amide bonds. The predicted molar refractivity (Wildman–Crippen MR) is 240 cm³/mol.